The van der Waals surface area contributed by atoms with Crippen molar-refractivity contribution in [3.05, 3.63) is 68.6 Å². The molecule has 3 heterocycles. The molecule has 2 aromatic rings. The summed E-state index contributed by atoms with van der Waals surface area (Å²) in [6.07, 6.45) is 11.7. The van der Waals surface area contributed by atoms with Crippen molar-refractivity contribution in [1.29, 1.82) is 0 Å². The molecule has 0 bridgehead atoms. The molecule has 2 unspecified atom stereocenters. The minimum atomic E-state index is -0.129. The molecule has 0 saturated carbocycles. The lowest BCUT2D eigenvalue weighted by Crippen LogP contribution is -2.19. The molecule has 0 saturated heterocycles. The Labute approximate surface area is 197 Å². The first-order chi connectivity index (χ1) is 15.7. The van der Waals surface area contributed by atoms with E-state index in [2.05, 4.69) is 66.3 Å². The zero-order valence-electron chi connectivity index (χ0n) is 18.8. The van der Waals surface area contributed by atoms with Crippen LogP contribution in [0.25, 0.3) is 0 Å². The van der Waals surface area contributed by atoms with Gasteiger partial charge in [-0.15, -0.1) is 11.3 Å². The maximum atomic E-state index is 5.90. The Hall–Kier alpha value is -2.29. The van der Waals surface area contributed by atoms with Crippen LogP contribution in [0.3, 0.4) is 0 Å². The molecule has 2 atom stereocenters. The highest BCUT2D eigenvalue weighted by Gasteiger charge is 2.22. The van der Waals surface area contributed by atoms with Gasteiger partial charge in [-0.25, -0.2) is 9.35 Å². The standard InChI is InChI=1S/C24H32N6S2/c1-3-18(14-25)11-12-26-23-20(16-32-22-10-6-4-5-9-21(22)30-32)17(2)28-24(29-23)27-15-19-8-7-13-31-19/h4-8,10,13,18H,3,9,11-12,14-16,25H2,1-2H3,(H2,26,27,28,29). The van der Waals surface area contributed by atoms with Gasteiger partial charge in [0.25, 0.3) is 0 Å². The molecule has 0 spiro atoms. The summed E-state index contributed by atoms with van der Waals surface area (Å²) in [5, 5.41) is 9.07. The van der Waals surface area contributed by atoms with E-state index in [1.165, 1.54) is 15.5 Å². The average molecular weight is 469 g/mol. The van der Waals surface area contributed by atoms with Crippen molar-refractivity contribution < 1.29 is 0 Å². The van der Waals surface area contributed by atoms with Gasteiger partial charge in [0.1, 0.15) is 5.82 Å². The molecule has 2 aliphatic rings. The number of thiophene rings is 1. The van der Waals surface area contributed by atoms with Crippen molar-refractivity contribution >= 4 is 33.8 Å². The molecule has 0 amide bonds. The Bertz CT molecular complexity index is 1050. The van der Waals surface area contributed by atoms with Crippen molar-refractivity contribution in [3.8, 4) is 0 Å². The normalized spacial score (nSPS) is 17.9. The SMILES string of the molecule is CCC(CN)CCNc1nc(NCc2cccs2)nc(C)c1CS1=NC2=C1C=CC=CC2. The first-order valence-corrected chi connectivity index (χ1v) is 13.5. The van der Waals surface area contributed by atoms with Crippen LogP contribution in [-0.4, -0.2) is 23.1 Å². The van der Waals surface area contributed by atoms with Gasteiger partial charge in [0.2, 0.25) is 5.95 Å². The van der Waals surface area contributed by atoms with Crippen molar-refractivity contribution in [1.82, 2.24) is 9.97 Å². The molecule has 1 aliphatic carbocycles. The zero-order chi connectivity index (χ0) is 22.3. The molecule has 6 nitrogen and oxygen atoms in total. The van der Waals surface area contributed by atoms with Crippen molar-refractivity contribution in [2.24, 2.45) is 16.0 Å². The lowest BCUT2D eigenvalue weighted by Gasteiger charge is -2.23. The van der Waals surface area contributed by atoms with E-state index < -0.39 is 0 Å². The number of allylic oxidation sites excluding steroid dienone is 4. The number of aromatic nitrogens is 2. The fraction of sp³-hybridized carbons (Fsp3) is 0.417. The molecule has 0 aromatic carbocycles. The molecule has 0 fully saturated rings. The summed E-state index contributed by atoms with van der Waals surface area (Å²) >= 11 is 1.73. The second kappa shape index (κ2) is 11.0. The van der Waals surface area contributed by atoms with Gasteiger partial charge in [-0.2, -0.15) is 4.98 Å². The lowest BCUT2D eigenvalue weighted by molar-refractivity contribution is 0.494. The minimum absolute atomic E-state index is 0.129. The topological polar surface area (TPSA) is 88.2 Å². The molecule has 1 aliphatic heterocycles. The summed E-state index contributed by atoms with van der Waals surface area (Å²) in [4.78, 5) is 12.3. The number of hydrogen-bond acceptors (Lipinski definition) is 7. The Kier molecular flexibility index (Phi) is 7.89. The van der Waals surface area contributed by atoms with E-state index in [1.54, 1.807) is 11.3 Å². The lowest BCUT2D eigenvalue weighted by atomic mass is 10.0. The first-order valence-electron chi connectivity index (χ1n) is 11.2. The molecule has 8 heteroatoms. The number of nitrogens with one attached hydrogen (secondary N) is 2. The number of nitrogens with two attached hydrogens (primary N) is 1. The molecule has 32 heavy (non-hydrogen) atoms. The molecule has 170 valence electrons. The first kappa shape index (κ1) is 22.9. The van der Waals surface area contributed by atoms with Crippen LogP contribution in [0, 0.1) is 12.8 Å². The monoisotopic (exact) mass is 468 g/mol. The average Bonchev–Trinajstić information content (AvgIpc) is 3.24. The van der Waals surface area contributed by atoms with Gasteiger partial charge in [-0.3, -0.25) is 0 Å². The van der Waals surface area contributed by atoms with Gasteiger partial charge in [0.15, 0.2) is 0 Å². The predicted molar refractivity (Wildman–Crippen MR) is 138 cm³/mol. The van der Waals surface area contributed by atoms with Gasteiger partial charge in [-0.05, 0) is 43.3 Å². The van der Waals surface area contributed by atoms with Crippen molar-refractivity contribution in [3.63, 3.8) is 0 Å². The van der Waals surface area contributed by atoms with Crippen LogP contribution in [0.15, 0.2) is 56.8 Å². The third-order valence-electron chi connectivity index (χ3n) is 5.82. The highest BCUT2D eigenvalue weighted by Crippen LogP contribution is 2.34. The van der Waals surface area contributed by atoms with Crippen LogP contribution in [0.2, 0.25) is 0 Å². The molecule has 4 N–H and O–H groups in total. The predicted octanol–water partition coefficient (Wildman–Crippen LogP) is 5.29. The number of hydrogen-bond donors (Lipinski definition) is 3. The Morgan fingerprint density at radius 3 is 2.94 bits per heavy atom. The summed E-state index contributed by atoms with van der Waals surface area (Å²) in [5.74, 6) is 2.97. The fourth-order valence-corrected chi connectivity index (χ4v) is 6.27. The Balaban J connectivity index is 1.51. The third kappa shape index (κ3) is 5.54. The molecule has 2 aromatic heterocycles. The minimum Gasteiger partial charge on any atom is -0.370 e. The summed E-state index contributed by atoms with van der Waals surface area (Å²) in [6.45, 7) is 6.59. The smallest absolute Gasteiger partial charge is 0.225 e. The highest BCUT2D eigenvalue weighted by atomic mass is 32.2. The van der Waals surface area contributed by atoms with Gasteiger partial charge in [0, 0.05) is 39.8 Å². The fourth-order valence-electron chi connectivity index (χ4n) is 3.74. The maximum Gasteiger partial charge on any atom is 0.225 e. The molecular formula is C24H32N6S2. The van der Waals surface area contributed by atoms with Crippen LogP contribution in [0.1, 0.15) is 42.3 Å². The van der Waals surface area contributed by atoms with Gasteiger partial charge in [-0.1, -0.05) is 48.3 Å². The third-order valence-corrected chi connectivity index (χ3v) is 8.57. The second-order valence-corrected chi connectivity index (χ2v) is 10.7. The van der Waals surface area contributed by atoms with Gasteiger partial charge >= 0.3 is 0 Å². The second-order valence-electron chi connectivity index (χ2n) is 8.02. The number of rotatable bonds is 11. The largest absolute Gasteiger partial charge is 0.370 e. The van der Waals surface area contributed by atoms with E-state index in [0.29, 0.717) is 11.9 Å². The van der Waals surface area contributed by atoms with Gasteiger partial charge < -0.3 is 16.4 Å². The van der Waals surface area contributed by atoms with Crippen molar-refractivity contribution in [2.75, 3.05) is 23.7 Å². The number of anilines is 2. The molecule has 0 radical (unpaired) electrons. The summed E-state index contributed by atoms with van der Waals surface area (Å²) in [7, 11) is -0.129. The quantitative estimate of drug-likeness (QED) is 0.417. The zero-order valence-corrected chi connectivity index (χ0v) is 20.4. The van der Waals surface area contributed by atoms with Crippen molar-refractivity contribution in [2.45, 2.75) is 45.4 Å². The van der Waals surface area contributed by atoms with Crippen LogP contribution in [0.4, 0.5) is 11.8 Å². The molecule has 4 rings (SSSR count). The highest BCUT2D eigenvalue weighted by molar-refractivity contribution is 7.91. The van der Waals surface area contributed by atoms with E-state index >= 15 is 0 Å². The van der Waals surface area contributed by atoms with E-state index in [4.69, 9.17) is 20.1 Å². The van der Waals surface area contributed by atoms with Crippen LogP contribution in [-0.2, 0) is 23.0 Å². The summed E-state index contributed by atoms with van der Waals surface area (Å²) < 4.78 is 4.90. The summed E-state index contributed by atoms with van der Waals surface area (Å²) in [5.41, 5.74) is 9.29. The summed E-state index contributed by atoms with van der Waals surface area (Å²) in [6, 6.07) is 4.18. The van der Waals surface area contributed by atoms with E-state index in [9.17, 15) is 0 Å². The van der Waals surface area contributed by atoms with E-state index in [-0.39, 0.29) is 10.7 Å². The van der Waals surface area contributed by atoms with E-state index in [0.717, 1.165) is 61.7 Å². The molecular weight excluding hydrogens is 436 g/mol. The van der Waals surface area contributed by atoms with Crippen LogP contribution < -0.4 is 16.4 Å². The van der Waals surface area contributed by atoms with Crippen LogP contribution >= 0.6 is 11.3 Å². The Morgan fingerprint density at radius 1 is 1.25 bits per heavy atom. The number of nitrogens with zero attached hydrogens (tertiary/aromatic N) is 3. The number of aryl methyl sites for hydroxylation is 1. The Morgan fingerprint density at radius 2 is 2.16 bits per heavy atom. The van der Waals surface area contributed by atoms with Crippen LogP contribution in [0.5, 0.6) is 0 Å². The van der Waals surface area contributed by atoms with E-state index in [1.807, 2.05) is 0 Å². The van der Waals surface area contributed by atoms with Gasteiger partial charge in [0.05, 0.1) is 12.2 Å². The maximum absolute atomic E-state index is 5.90.